The van der Waals surface area contributed by atoms with Crippen molar-refractivity contribution in [3.05, 3.63) is 34.9 Å². The van der Waals surface area contributed by atoms with E-state index in [4.69, 9.17) is 5.73 Å². The highest BCUT2D eigenvalue weighted by molar-refractivity contribution is 7.09. The summed E-state index contributed by atoms with van der Waals surface area (Å²) in [6, 6.07) is 3.98. The summed E-state index contributed by atoms with van der Waals surface area (Å²) in [5.41, 5.74) is 8.11. The van der Waals surface area contributed by atoms with E-state index in [9.17, 15) is 0 Å². The molecule has 0 aliphatic heterocycles. The van der Waals surface area contributed by atoms with Crippen molar-refractivity contribution in [1.82, 2.24) is 9.97 Å². The first kappa shape index (κ1) is 13.2. The smallest absolute Gasteiger partial charge is 0.0932 e. The molecule has 0 radical (unpaired) electrons. The van der Waals surface area contributed by atoms with Gasteiger partial charge >= 0.3 is 0 Å². The summed E-state index contributed by atoms with van der Waals surface area (Å²) in [5.74, 6) is 0. The molecule has 0 saturated carbocycles. The van der Waals surface area contributed by atoms with Crippen LogP contribution < -0.4 is 5.73 Å². The highest BCUT2D eigenvalue weighted by Crippen LogP contribution is 2.25. The van der Waals surface area contributed by atoms with E-state index < -0.39 is 0 Å². The molecule has 2 rings (SSSR count). The fourth-order valence-corrected chi connectivity index (χ4v) is 2.44. The monoisotopic (exact) mass is 261 g/mol. The lowest BCUT2D eigenvalue weighted by atomic mass is 9.88. The van der Waals surface area contributed by atoms with Gasteiger partial charge in [-0.2, -0.15) is 0 Å². The van der Waals surface area contributed by atoms with Crippen LogP contribution in [0.4, 0.5) is 0 Å². The fourth-order valence-electron chi connectivity index (χ4n) is 1.63. The van der Waals surface area contributed by atoms with Crippen molar-refractivity contribution < 1.29 is 0 Å². The first-order valence-electron chi connectivity index (χ1n) is 6.16. The molecule has 2 aromatic rings. The predicted molar refractivity (Wildman–Crippen MR) is 76.5 cm³/mol. The molecular weight excluding hydrogens is 242 g/mol. The average Bonchev–Trinajstić information content (AvgIpc) is 2.86. The lowest BCUT2D eigenvalue weighted by Gasteiger charge is -2.21. The molecule has 0 amide bonds. The number of rotatable bonds is 5. The van der Waals surface area contributed by atoms with Crippen LogP contribution in [0.25, 0.3) is 11.3 Å². The van der Waals surface area contributed by atoms with Gasteiger partial charge in [-0.1, -0.05) is 13.8 Å². The molecule has 2 N–H and O–H groups in total. The molecule has 4 heteroatoms. The Labute approximate surface area is 112 Å². The van der Waals surface area contributed by atoms with E-state index in [1.807, 2.05) is 12.1 Å². The highest BCUT2D eigenvalue weighted by Gasteiger charge is 2.16. The van der Waals surface area contributed by atoms with Crippen molar-refractivity contribution >= 4 is 11.3 Å². The third-order valence-corrected chi connectivity index (χ3v) is 4.00. The Balaban J connectivity index is 2.03. The molecule has 96 valence electrons. The molecule has 0 unspecified atom stereocenters. The van der Waals surface area contributed by atoms with Gasteiger partial charge in [-0.25, -0.2) is 4.98 Å². The number of aromatic nitrogens is 2. The topological polar surface area (TPSA) is 51.8 Å². The van der Waals surface area contributed by atoms with Crippen LogP contribution in [-0.4, -0.2) is 16.5 Å². The van der Waals surface area contributed by atoms with Gasteiger partial charge in [0.2, 0.25) is 0 Å². The molecule has 2 aromatic heterocycles. The Kier molecular flexibility index (Phi) is 4.09. The Bertz CT molecular complexity index is 491. The lowest BCUT2D eigenvalue weighted by Crippen LogP contribution is -2.23. The maximum absolute atomic E-state index is 5.74. The fraction of sp³-hybridized carbons (Fsp3) is 0.429. The third kappa shape index (κ3) is 3.37. The van der Waals surface area contributed by atoms with Gasteiger partial charge in [0, 0.05) is 23.3 Å². The average molecular weight is 261 g/mol. The number of aryl methyl sites for hydroxylation is 1. The first-order valence-corrected chi connectivity index (χ1v) is 7.03. The minimum absolute atomic E-state index is 0.197. The Morgan fingerprint density at radius 3 is 2.67 bits per heavy atom. The second-order valence-corrected chi connectivity index (χ2v) is 6.17. The zero-order valence-electron chi connectivity index (χ0n) is 10.9. The molecule has 0 saturated heterocycles. The van der Waals surface area contributed by atoms with E-state index >= 15 is 0 Å². The summed E-state index contributed by atoms with van der Waals surface area (Å²) in [5, 5.41) is 3.29. The van der Waals surface area contributed by atoms with Gasteiger partial charge in [0.05, 0.1) is 10.7 Å². The molecule has 0 fully saturated rings. The van der Waals surface area contributed by atoms with E-state index in [-0.39, 0.29) is 5.41 Å². The molecular formula is C14H19N3S. The van der Waals surface area contributed by atoms with Crippen molar-refractivity contribution in [2.45, 2.75) is 26.7 Å². The van der Waals surface area contributed by atoms with Gasteiger partial charge in [-0.15, -0.1) is 11.3 Å². The lowest BCUT2D eigenvalue weighted by molar-refractivity contribution is 0.348. The van der Waals surface area contributed by atoms with E-state index in [1.54, 1.807) is 23.7 Å². The Morgan fingerprint density at radius 2 is 2.00 bits per heavy atom. The standard InChI is InChI=1S/C14H19N3S/c1-14(2,10-15)6-3-13-17-12(9-18-13)11-4-7-16-8-5-11/h4-5,7-9H,3,6,10,15H2,1-2H3. The number of nitrogens with zero attached hydrogens (tertiary/aromatic N) is 2. The van der Waals surface area contributed by atoms with Crippen LogP contribution in [-0.2, 0) is 6.42 Å². The number of thiazole rings is 1. The maximum Gasteiger partial charge on any atom is 0.0932 e. The molecule has 2 heterocycles. The van der Waals surface area contributed by atoms with Crippen LogP contribution >= 0.6 is 11.3 Å². The van der Waals surface area contributed by atoms with Crippen LogP contribution in [0, 0.1) is 5.41 Å². The minimum atomic E-state index is 0.197. The number of hydrogen-bond donors (Lipinski definition) is 1. The van der Waals surface area contributed by atoms with Crippen LogP contribution in [0.1, 0.15) is 25.3 Å². The van der Waals surface area contributed by atoms with Gasteiger partial charge in [-0.05, 0) is 36.9 Å². The van der Waals surface area contributed by atoms with Crippen LogP contribution in [0.15, 0.2) is 29.9 Å². The highest BCUT2D eigenvalue weighted by atomic mass is 32.1. The normalized spacial score (nSPS) is 11.7. The maximum atomic E-state index is 5.74. The molecule has 0 aliphatic carbocycles. The molecule has 0 aliphatic rings. The van der Waals surface area contributed by atoms with E-state index in [2.05, 4.69) is 29.2 Å². The second-order valence-electron chi connectivity index (χ2n) is 5.23. The van der Waals surface area contributed by atoms with Crippen molar-refractivity contribution in [3.63, 3.8) is 0 Å². The van der Waals surface area contributed by atoms with Crippen LogP contribution in [0.3, 0.4) is 0 Å². The van der Waals surface area contributed by atoms with Crippen molar-refractivity contribution in [2.75, 3.05) is 6.54 Å². The predicted octanol–water partition coefficient (Wildman–Crippen LogP) is 3.12. The molecule has 0 spiro atoms. The zero-order valence-corrected chi connectivity index (χ0v) is 11.7. The second kappa shape index (κ2) is 5.59. The van der Waals surface area contributed by atoms with Gasteiger partial charge < -0.3 is 5.73 Å². The number of pyridine rings is 1. The largest absolute Gasteiger partial charge is 0.330 e. The first-order chi connectivity index (χ1) is 8.61. The van der Waals surface area contributed by atoms with Crippen molar-refractivity contribution in [1.29, 1.82) is 0 Å². The molecule has 18 heavy (non-hydrogen) atoms. The number of hydrogen-bond acceptors (Lipinski definition) is 4. The summed E-state index contributed by atoms with van der Waals surface area (Å²) in [6.45, 7) is 5.12. The summed E-state index contributed by atoms with van der Waals surface area (Å²) in [7, 11) is 0. The van der Waals surface area contributed by atoms with Crippen LogP contribution in [0.2, 0.25) is 0 Å². The molecule has 3 nitrogen and oxygen atoms in total. The Hall–Kier alpha value is -1.26. The van der Waals surface area contributed by atoms with Crippen molar-refractivity contribution in [3.8, 4) is 11.3 Å². The summed E-state index contributed by atoms with van der Waals surface area (Å²) in [4.78, 5) is 8.69. The van der Waals surface area contributed by atoms with Gasteiger partial charge in [0.1, 0.15) is 0 Å². The minimum Gasteiger partial charge on any atom is -0.330 e. The quantitative estimate of drug-likeness (QED) is 0.899. The molecule has 0 bridgehead atoms. The van der Waals surface area contributed by atoms with Crippen molar-refractivity contribution in [2.24, 2.45) is 11.1 Å². The van der Waals surface area contributed by atoms with Gasteiger partial charge in [0.25, 0.3) is 0 Å². The molecule has 0 atom stereocenters. The van der Waals surface area contributed by atoms with Gasteiger partial charge in [-0.3, -0.25) is 4.98 Å². The van der Waals surface area contributed by atoms with E-state index in [1.165, 1.54) is 5.01 Å². The summed E-state index contributed by atoms with van der Waals surface area (Å²) >= 11 is 1.72. The molecule has 0 aromatic carbocycles. The van der Waals surface area contributed by atoms with E-state index in [0.717, 1.165) is 30.6 Å². The number of nitrogens with two attached hydrogens (primary N) is 1. The zero-order chi connectivity index (χ0) is 13.0. The summed E-state index contributed by atoms with van der Waals surface area (Å²) < 4.78 is 0. The summed E-state index contributed by atoms with van der Waals surface area (Å²) in [6.07, 6.45) is 5.67. The van der Waals surface area contributed by atoms with Crippen LogP contribution in [0.5, 0.6) is 0 Å². The van der Waals surface area contributed by atoms with Gasteiger partial charge in [0.15, 0.2) is 0 Å². The third-order valence-electron chi connectivity index (χ3n) is 3.10. The SMILES string of the molecule is CC(C)(CN)CCc1nc(-c2ccncc2)cs1. The Morgan fingerprint density at radius 1 is 1.28 bits per heavy atom. The van der Waals surface area contributed by atoms with E-state index in [0.29, 0.717) is 0 Å².